The number of hydrogen-bond donors (Lipinski definition) is 0. The predicted molar refractivity (Wildman–Crippen MR) is 75.8 cm³/mol. The van der Waals surface area contributed by atoms with E-state index in [0.717, 1.165) is 16.8 Å². The second kappa shape index (κ2) is 4.98. The van der Waals surface area contributed by atoms with Gasteiger partial charge in [0.05, 0.1) is 5.69 Å². The molecule has 0 N–H and O–H groups in total. The van der Waals surface area contributed by atoms with Crippen molar-refractivity contribution in [3.05, 3.63) is 63.7 Å². The van der Waals surface area contributed by atoms with Gasteiger partial charge in [0.25, 0.3) is 0 Å². The number of hydrogen-bond acceptors (Lipinski definition) is 2. The Kier molecular flexibility index (Phi) is 3.30. The molecule has 0 bridgehead atoms. The van der Waals surface area contributed by atoms with Gasteiger partial charge in [0.15, 0.2) is 5.78 Å². The predicted octanol–water partition coefficient (Wildman–Crippen LogP) is 4.10. The lowest BCUT2D eigenvalue weighted by molar-refractivity contribution is 0.0962. The SMILES string of the molecule is Cc1ccnc2c1C(=O)CC(c1cc(F)ccc1Cl)C2. The molecule has 1 aliphatic carbocycles. The maximum Gasteiger partial charge on any atom is 0.165 e. The number of aryl methyl sites for hydroxylation is 1. The van der Waals surface area contributed by atoms with Crippen molar-refractivity contribution >= 4 is 17.4 Å². The first-order valence-electron chi connectivity index (χ1n) is 6.49. The Bertz CT molecular complexity index is 699. The first-order valence-corrected chi connectivity index (χ1v) is 6.86. The van der Waals surface area contributed by atoms with Gasteiger partial charge in [-0.1, -0.05) is 11.6 Å². The van der Waals surface area contributed by atoms with Crippen molar-refractivity contribution in [3.8, 4) is 0 Å². The van der Waals surface area contributed by atoms with Gasteiger partial charge in [-0.3, -0.25) is 9.78 Å². The number of benzene rings is 1. The van der Waals surface area contributed by atoms with Crippen molar-refractivity contribution in [1.29, 1.82) is 0 Å². The molecule has 4 heteroatoms. The second-order valence-electron chi connectivity index (χ2n) is 5.14. The molecule has 2 nitrogen and oxygen atoms in total. The van der Waals surface area contributed by atoms with Crippen molar-refractivity contribution in [2.45, 2.75) is 25.7 Å². The highest BCUT2D eigenvalue weighted by molar-refractivity contribution is 6.31. The van der Waals surface area contributed by atoms with Gasteiger partial charge in [-0.2, -0.15) is 0 Å². The fourth-order valence-electron chi connectivity index (χ4n) is 2.83. The number of fused-ring (bicyclic) bond motifs is 1. The Balaban J connectivity index is 2.04. The molecule has 20 heavy (non-hydrogen) atoms. The monoisotopic (exact) mass is 289 g/mol. The Hall–Kier alpha value is -1.74. The van der Waals surface area contributed by atoms with E-state index in [0.29, 0.717) is 23.4 Å². The third kappa shape index (κ3) is 2.22. The van der Waals surface area contributed by atoms with E-state index >= 15 is 0 Å². The van der Waals surface area contributed by atoms with Gasteiger partial charge in [0, 0.05) is 23.2 Å². The highest BCUT2D eigenvalue weighted by Crippen LogP contribution is 2.36. The smallest absolute Gasteiger partial charge is 0.165 e. The van der Waals surface area contributed by atoms with E-state index in [1.165, 1.54) is 18.2 Å². The number of halogens is 2. The van der Waals surface area contributed by atoms with E-state index < -0.39 is 0 Å². The molecule has 3 rings (SSSR count). The van der Waals surface area contributed by atoms with Crippen molar-refractivity contribution in [1.82, 2.24) is 4.98 Å². The highest BCUT2D eigenvalue weighted by atomic mass is 35.5. The van der Waals surface area contributed by atoms with E-state index in [4.69, 9.17) is 11.6 Å². The summed E-state index contributed by atoms with van der Waals surface area (Å²) in [5, 5.41) is 0.500. The Morgan fingerprint density at radius 3 is 2.90 bits per heavy atom. The molecule has 0 spiro atoms. The number of pyridine rings is 1. The topological polar surface area (TPSA) is 30.0 Å². The minimum atomic E-state index is -0.333. The fourth-order valence-corrected chi connectivity index (χ4v) is 3.10. The molecule has 1 aliphatic rings. The van der Waals surface area contributed by atoms with E-state index in [1.807, 2.05) is 13.0 Å². The maximum absolute atomic E-state index is 13.4. The molecule has 1 heterocycles. The van der Waals surface area contributed by atoms with Crippen LogP contribution in [0.25, 0.3) is 0 Å². The quantitative estimate of drug-likeness (QED) is 0.791. The summed E-state index contributed by atoms with van der Waals surface area (Å²) in [4.78, 5) is 16.6. The lowest BCUT2D eigenvalue weighted by Crippen LogP contribution is -2.21. The minimum Gasteiger partial charge on any atom is -0.294 e. The van der Waals surface area contributed by atoms with Gasteiger partial charge in [-0.25, -0.2) is 4.39 Å². The van der Waals surface area contributed by atoms with Crippen LogP contribution in [0, 0.1) is 12.7 Å². The van der Waals surface area contributed by atoms with Crippen molar-refractivity contribution in [2.75, 3.05) is 0 Å². The number of rotatable bonds is 1. The van der Waals surface area contributed by atoms with Crippen LogP contribution in [0.15, 0.2) is 30.5 Å². The van der Waals surface area contributed by atoms with Crippen LogP contribution in [0.4, 0.5) is 4.39 Å². The molecule has 0 amide bonds. The van der Waals surface area contributed by atoms with Crippen LogP contribution in [0.3, 0.4) is 0 Å². The Morgan fingerprint density at radius 2 is 2.10 bits per heavy atom. The van der Waals surface area contributed by atoms with Gasteiger partial charge in [-0.15, -0.1) is 0 Å². The summed E-state index contributed by atoms with van der Waals surface area (Å²) in [6.07, 6.45) is 2.67. The number of carbonyl (C=O) groups is 1. The fraction of sp³-hybridized carbons (Fsp3) is 0.250. The van der Waals surface area contributed by atoms with Crippen LogP contribution in [-0.4, -0.2) is 10.8 Å². The minimum absolute atomic E-state index is 0.0576. The van der Waals surface area contributed by atoms with Gasteiger partial charge in [0.2, 0.25) is 0 Å². The molecular formula is C16H13ClFNO. The van der Waals surface area contributed by atoms with Crippen LogP contribution in [0.1, 0.15) is 39.5 Å². The highest BCUT2D eigenvalue weighted by Gasteiger charge is 2.29. The number of carbonyl (C=O) groups excluding carboxylic acids is 1. The summed E-state index contributed by atoms with van der Waals surface area (Å²) < 4.78 is 13.4. The summed E-state index contributed by atoms with van der Waals surface area (Å²) >= 11 is 6.14. The molecule has 2 aromatic rings. The average molecular weight is 290 g/mol. The summed E-state index contributed by atoms with van der Waals surface area (Å²) in [7, 11) is 0. The molecule has 0 fully saturated rings. The molecule has 0 saturated carbocycles. The van der Waals surface area contributed by atoms with Crippen molar-refractivity contribution in [3.63, 3.8) is 0 Å². The van der Waals surface area contributed by atoms with Crippen molar-refractivity contribution < 1.29 is 9.18 Å². The third-order valence-electron chi connectivity index (χ3n) is 3.79. The van der Waals surface area contributed by atoms with E-state index in [9.17, 15) is 9.18 Å². The van der Waals surface area contributed by atoms with Gasteiger partial charge in [0.1, 0.15) is 5.82 Å². The number of ketones is 1. The van der Waals surface area contributed by atoms with Crippen LogP contribution >= 0.6 is 11.6 Å². The zero-order chi connectivity index (χ0) is 14.3. The zero-order valence-corrected chi connectivity index (χ0v) is 11.7. The number of aromatic nitrogens is 1. The lowest BCUT2D eigenvalue weighted by Gasteiger charge is -2.25. The van der Waals surface area contributed by atoms with Crippen LogP contribution < -0.4 is 0 Å². The summed E-state index contributed by atoms with van der Waals surface area (Å²) in [6, 6.07) is 6.12. The van der Waals surface area contributed by atoms with Gasteiger partial charge < -0.3 is 0 Å². The molecule has 102 valence electrons. The number of nitrogens with zero attached hydrogens (tertiary/aromatic N) is 1. The number of Topliss-reactive ketones (excluding diaryl/α,β-unsaturated/α-hetero) is 1. The average Bonchev–Trinajstić information content (AvgIpc) is 2.41. The van der Waals surface area contributed by atoms with E-state index in [2.05, 4.69) is 4.98 Å². The van der Waals surface area contributed by atoms with Gasteiger partial charge >= 0.3 is 0 Å². The standard InChI is InChI=1S/C16H13ClFNO/c1-9-4-5-19-14-6-10(7-15(20)16(9)14)12-8-11(18)2-3-13(12)17/h2-5,8,10H,6-7H2,1H3. The van der Waals surface area contributed by atoms with E-state index in [1.54, 1.807) is 6.20 Å². The molecule has 0 radical (unpaired) electrons. The maximum atomic E-state index is 13.4. The van der Waals surface area contributed by atoms with Crippen LogP contribution in [0.2, 0.25) is 5.02 Å². The van der Waals surface area contributed by atoms with Gasteiger partial charge in [-0.05, 0) is 54.7 Å². The molecule has 1 aromatic heterocycles. The normalized spacial score (nSPS) is 17.9. The van der Waals surface area contributed by atoms with Crippen molar-refractivity contribution in [2.24, 2.45) is 0 Å². The first-order chi connectivity index (χ1) is 9.56. The Labute approximate surface area is 121 Å². The zero-order valence-electron chi connectivity index (χ0n) is 11.0. The molecule has 0 aliphatic heterocycles. The van der Waals surface area contributed by atoms with E-state index in [-0.39, 0.29) is 17.5 Å². The molecule has 0 saturated heterocycles. The molecular weight excluding hydrogens is 277 g/mol. The largest absolute Gasteiger partial charge is 0.294 e. The van der Waals surface area contributed by atoms with Crippen LogP contribution in [0.5, 0.6) is 0 Å². The van der Waals surface area contributed by atoms with Crippen LogP contribution in [-0.2, 0) is 6.42 Å². The summed E-state index contributed by atoms with van der Waals surface area (Å²) in [5.41, 5.74) is 3.14. The summed E-state index contributed by atoms with van der Waals surface area (Å²) in [5.74, 6) is -0.380. The lowest BCUT2D eigenvalue weighted by atomic mass is 9.80. The third-order valence-corrected chi connectivity index (χ3v) is 4.13. The second-order valence-corrected chi connectivity index (χ2v) is 5.55. The summed E-state index contributed by atoms with van der Waals surface area (Å²) in [6.45, 7) is 1.91. The molecule has 1 atom stereocenters. The molecule has 1 aromatic carbocycles. The molecule has 1 unspecified atom stereocenters. The Morgan fingerprint density at radius 1 is 1.30 bits per heavy atom. The first kappa shape index (κ1) is 13.3.